The van der Waals surface area contributed by atoms with Crippen LogP contribution in [0.25, 0.3) is 0 Å². The average molecular weight is 196 g/mol. The fourth-order valence-corrected chi connectivity index (χ4v) is 1.05. The van der Waals surface area contributed by atoms with Crippen LogP contribution in [0.4, 0.5) is 5.69 Å². The zero-order valence-electron chi connectivity index (χ0n) is 8.82. The first-order chi connectivity index (χ1) is 6.59. The fraction of sp³-hybridized carbons (Fsp3) is 0.556. The number of aromatic nitrogens is 2. The molecule has 1 aromatic heterocycles. The second-order valence-electron chi connectivity index (χ2n) is 3.53. The van der Waals surface area contributed by atoms with Gasteiger partial charge in [0.2, 0.25) is 0 Å². The number of H-pyrrole nitrogens is 1. The van der Waals surface area contributed by atoms with E-state index < -0.39 is 0 Å². The predicted molar refractivity (Wildman–Crippen MR) is 56.7 cm³/mol. The van der Waals surface area contributed by atoms with Crippen molar-refractivity contribution in [3.8, 4) is 0 Å². The summed E-state index contributed by atoms with van der Waals surface area (Å²) in [7, 11) is 5.98. The van der Waals surface area contributed by atoms with Crippen molar-refractivity contribution >= 4 is 5.69 Å². The molecule has 0 bridgehead atoms. The van der Waals surface area contributed by atoms with Gasteiger partial charge >= 0.3 is 0 Å². The molecule has 1 N–H and O–H groups in total. The Kier molecular flexibility index (Phi) is 3.64. The van der Waals surface area contributed by atoms with Gasteiger partial charge in [-0.05, 0) is 14.1 Å². The quantitative estimate of drug-likeness (QED) is 0.722. The Morgan fingerprint density at radius 3 is 2.64 bits per heavy atom. The van der Waals surface area contributed by atoms with Gasteiger partial charge in [0.05, 0.1) is 11.9 Å². The Balaban J connectivity index is 2.60. The summed E-state index contributed by atoms with van der Waals surface area (Å²) in [6, 6.07) is 1.54. The van der Waals surface area contributed by atoms with Gasteiger partial charge < -0.3 is 9.80 Å². The number of nitrogens with zero attached hydrogens (tertiary/aromatic N) is 3. The largest absolute Gasteiger partial charge is 0.372 e. The van der Waals surface area contributed by atoms with Gasteiger partial charge in [0, 0.05) is 26.2 Å². The lowest BCUT2D eigenvalue weighted by Crippen LogP contribution is -2.29. The van der Waals surface area contributed by atoms with E-state index in [9.17, 15) is 4.79 Å². The molecule has 0 unspecified atom stereocenters. The summed E-state index contributed by atoms with van der Waals surface area (Å²) in [5.41, 5.74) is 0.676. The molecular weight excluding hydrogens is 180 g/mol. The molecule has 0 aliphatic heterocycles. The number of hydrogen-bond acceptors (Lipinski definition) is 4. The van der Waals surface area contributed by atoms with Crippen molar-refractivity contribution in [3.63, 3.8) is 0 Å². The molecule has 78 valence electrons. The maximum absolute atomic E-state index is 11.0. The summed E-state index contributed by atoms with van der Waals surface area (Å²) >= 11 is 0. The van der Waals surface area contributed by atoms with Gasteiger partial charge in [-0.2, -0.15) is 5.10 Å². The highest BCUT2D eigenvalue weighted by molar-refractivity contribution is 5.41. The molecule has 0 radical (unpaired) electrons. The molecule has 1 rings (SSSR count). The molecule has 0 aliphatic rings. The van der Waals surface area contributed by atoms with E-state index in [2.05, 4.69) is 15.1 Å². The predicted octanol–water partition coefficient (Wildman–Crippen LogP) is -0.232. The molecule has 0 saturated carbocycles. The number of rotatable bonds is 4. The number of likely N-dealkylation sites (N-methyl/N-ethyl adjacent to an activating group) is 2. The summed E-state index contributed by atoms with van der Waals surface area (Å²) in [5.74, 6) is 0. The molecule has 0 saturated heterocycles. The van der Waals surface area contributed by atoms with E-state index in [-0.39, 0.29) is 5.56 Å². The highest BCUT2D eigenvalue weighted by Gasteiger charge is 2.01. The number of nitrogens with one attached hydrogen (secondary N) is 1. The van der Waals surface area contributed by atoms with Crippen molar-refractivity contribution in [1.82, 2.24) is 15.1 Å². The zero-order valence-corrected chi connectivity index (χ0v) is 8.82. The second-order valence-corrected chi connectivity index (χ2v) is 3.53. The van der Waals surface area contributed by atoms with Gasteiger partial charge in [-0.15, -0.1) is 0 Å². The summed E-state index contributed by atoms with van der Waals surface area (Å²) in [6.45, 7) is 1.82. The molecule has 0 fully saturated rings. The first-order valence-electron chi connectivity index (χ1n) is 4.50. The Labute approximate surface area is 83.3 Å². The van der Waals surface area contributed by atoms with Crippen LogP contribution in [0.15, 0.2) is 17.1 Å². The summed E-state index contributed by atoms with van der Waals surface area (Å²) < 4.78 is 0. The van der Waals surface area contributed by atoms with Gasteiger partial charge in [0.1, 0.15) is 0 Å². The Morgan fingerprint density at radius 2 is 2.07 bits per heavy atom. The minimum absolute atomic E-state index is 0.167. The van der Waals surface area contributed by atoms with Crippen molar-refractivity contribution in [2.45, 2.75) is 0 Å². The average Bonchev–Trinajstić information content (AvgIpc) is 2.14. The van der Waals surface area contributed by atoms with Gasteiger partial charge in [0.25, 0.3) is 5.56 Å². The van der Waals surface area contributed by atoms with Crippen molar-refractivity contribution in [2.75, 3.05) is 39.1 Å². The molecule has 14 heavy (non-hydrogen) atoms. The lowest BCUT2D eigenvalue weighted by Gasteiger charge is -2.20. The molecule has 1 heterocycles. The highest BCUT2D eigenvalue weighted by Crippen LogP contribution is 2.05. The Hall–Kier alpha value is -1.36. The molecular formula is C9H16N4O. The van der Waals surface area contributed by atoms with Crippen molar-refractivity contribution in [2.24, 2.45) is 0 Å². The zero-order chi connectivity index (χ0) is 10.6. The van der Waals surface area contributed by atoms with E-state index in [1.54, 1.807) is 12.3 Å². The van der Waals surface area contributed by atoms with E-state index in [0.717, 1.165) is 18.8 Å². The summed E-state index contributed by atoms with van der Waals surface area (Å²) in [5, 5.41) is 6.09. The molecule has 5 nitrogen and oxygen atoms in total. The third kappa shape index (κ3) is 3.18. The fourth-order valence-electron chi connectivity index (χ4n) is 1.05. The molecule has 0 aromatic carbocycles. The molecule has 0 amide bonds. The smallest absolute Gasteiger partial charge is 0.266 e. The van der Waals surface area contributed by atoms with Crippen LogP contribution in [0.2, 0.25) is 0 Å². The van der Waals surface area contributed by atoms with E-state index in [0.29, 0.717) is 0 Å². The third-order valence-electron chi connectivity index (χ3n) is 1.97. The third-order valence-corrected chi connectivity index (χ3v) is 1.97. The van der Waals surface area contributed by atoms with Crippen LogP contribution in [0.5, 0.6) is 0 Å². The van der Waals surface area contributed by atoms with Crippen molar-refractivity contribution in [3.05, 3.63) is 22.6 Å². The SMILES string of the molecule is CN(C)CCN(C)c1cn[nH]c(=O)c1. The normalized spacial score (nSPS) is 10.6. The number of anilines is 1. The lowest BCUT2D eigenvalue weighted by molar-refractivity contribution is 0.416. The van der Waals surface area contributed by atoms with Crippen LogP contribution in [-0.2, 0) is 0 Å². The second kappa shape index (κ2) is 4.76. The molecule has 0 aliphatic carbocycles. The molecule has 0 spiro atoms. The number of aromatic amines is 1. The summed E-state index contributed by atoms with van der Waals surface area (Å²) in [6.07, 6.45) is 1.65. The Morgan fingerprint density at radius 1 is 1.36 bits per heavy atom. The van der Waals surface area contributed by atoms with Crippen LogP contribution in [-0.4, -0.2) is 49.3 Å². The van der Waals surface area contributed by atoms with Crippen molar-refractivity contribution in [1.29, 1.82) is 0 Å². The van der Waals surface area contributed by atoms with Crippen LogP contribution in [0.1, 0.15) is 0 Å². The summed E-state index contributed by atoms with van der Waals surface area (Å²) in [4.78, 5) is 15.1. The van der Waals surface area contributed by atoms with E-state index in [4.69, 9.17) is 0 Å². The molecule has 0 atom stereocenters. The van der Waals surface area contributed by atoms with Crippen molar-refractivity contribution < 1.29 is 0 Å². The van der Waals surface area contributed by atoms with Crippen LogP contribution >= 0.6 is 0 Å². The minimum Gasteiger partial charge on any atom is -0.372 e. The lowest BCUT2D eigenvalue weighted by atomic mass is 10.4. The minimum atomic E-state index is -0.167. The topological polar surface area (TPSA) is 52.2 Å². The first kappa shape index (κ1) is 10.7. The maximum Gasteiger partial charge on any atom is 0.266 e. The highest BCUT2D eigenvalue weighted by atomic mass is 16.1. The molecule has 5 heteroatoms. The van der Waals surface area contributed by atoms with Crippen LogP contribution < -0.4 is 10.5 Å². The van der Waals surface area contributed by atoms with Crippen LogP contribution in [0.3, 0.4) is 0 Å². The standard InChI is InChI=1S/C9H16N4O/c1-12(2)4-5-13(3)8-6-9(14)11-10-7-8/h6-7H,4-5H2,1-3H3,(H,11,14). The van der Waals surface area contributed by atoms with E-state index >= 15 is 0 Å². The van der Waals surface area contributed by atoms with Crippen LogP contribution in [0, 0.1) is 0 Å². The molecule has 1 aromatic rings. The Bertz CT molecular complexity index is 334. The van der Waals surface area contributed by atoms with Gasteiger partial charge in [-0.3, -0.25) is 4.79 Å². The maximum atomic E-state index is 11.0. The van der Waals surface area contributed by atoms with E-state index in [1.165, 1.54) is 0 Å². The first-order valence-corrected chi connectivity index (χ1v) is 4.50. The van der Waals surface area contributed by atoms with Gasteiger partial charge in [0.15, 0.2) is 0 Å². The monoisotopic (exact) mass is 196 g/mol. The van der Waals surface area contributed by atoms with E-state index in [1.807, 2.05) is 26.0 Å². The van der Waals surface area contributed by atoms with Gasteiger partial charge in [-0.25, -0.2) is 5.10 Å². The number of hydrogen-bond donors (Lipinski definition) is 1. The van der Waals surface area contributed by atoms with Gasteiger partial charge in [-0.1, -0.05) is 0 Å².